The van der Waals surface area contributed by atoms with Crippen molar-refractivity contribution in [2.24, 2.45) is 10.3 Å². The molecule has 0 aliphatic rings. The minimum Gasteiger partial charge on any atom is -0.392 e. The predicted octanol–water partition coefficient (Wildman–Crippen LogP) is 3.10. The largest absolute Gasteiger partial charge is 0.392 e. The van der Waals surface area contributed by atoms with Gasteiger partial charge in [-0.15, -0.1) is 0 Å². The molecule has 1 rings (SSSR count). The Bertz CT molecular complexity index is 526. The highest BCUT2D eigenvalue weighted by Gasteiger charge is 2.26. The van der Waals surface area contributed by atoms with Crippen molar-refractivity contribution in [1.29, 1.82) is 0 Å². The van der Waals surface area contributed by atoms with E-state index in [1.165, 1.54) is 0 Å². The fourth-order valence-electron chi connectivity index (χ4n) is 1.87. The van der Waals surface area contributed by atoms with Crippen molar-refractivity contribution in [3.63, 3.8) is 0 Å². The van der Waals surface area contributed by atoms with Crippen LogP contribution in [0.4, 0.5) is 0 Å². The highest BCUT2D eigenvalue weighted by Crippen LogP contribution is 2.22. The van der Waals surface area contributed by atoms with Crippen molar-refractivity contribution in [2.45, 2.75) is 37.0 Å². The van der Waals surface area contributed by atoms with Crippen LogP contribution in [0.15, 0.2) is 51.7 Å². The van der Waals surface area contributed by atoms with E-state index in [1.54, 1.807) is 26.1 Å². The van der Waals surface area contributed by atoms with Crippen LogP contribution in [0, 0.1) is 5.92 Å². The molecule has 0 saturated heterocycles. The lowest BCUT2D eigenvalue weighted by Crippen LogP contribution is -2.30. The van der Waals surface area contributed by atoms with Gasteiger partial charge in [-0.25, -0.2) is 8.57 Å². The molecule has 1 aromatic rings. The quantitative estimate of drug-likeness (QED) is 0.843. The van der Waals surface area contributed by atoms with E-state index in [9.17, 15) is 9.32 Å². The summed E-state index contributed by atoms with van der Waals surface area (Å²) in [4.78, 5) is 0.664. The smallest absolute Gasteiger partial charge is 0.0910 e. The summed E-state index contributed by atoms with van der Waals surface area (Å²) in [6.45, 7) is 5.75. The summed E-state index contributed by atoms with van der Waals surface area (Å²) in [7, 11) is -1.10. The molecule has 0 radical (unpaired) electrons. The zero-order valence-corrected chi connectivity index (χ0v) is 12.8. The number of benzene rings is 1. The molecule has 1 unspecified atom stereocenters. The van der Waals surface area contributed by atoms with E-state index in [0.717, 1.165) is 0 Å². The first-order chi connectivity index (χ1) is 8.91. The van der Waals surface area contributed by atoms with E-state index >= 15 is 0 Å². The molecule has 0 spiro atoms. The zero-order valence-electron chi connectivity index (χ0n) is 12.0. The van der Waals surface area contributed by atoms with Crippen LogP contribution in [-0.4, -0.2) is 27.7 Å². The number of aliphatic hydroxyl groups excluding tert-OH is 1. The second-order valence-corrected chi connectivity index (χ2v) is 7.42. The van der Waals surface area contributed by atoms with Crippen molar-refractivity contribution >= 4 is 9.73 Å². The van der Waals surface area contributed by atoms with Crippen molar-refractivity contribution in [2.75, 3.05) is 7.05 Å². The molecule has 0 heterocycles. The lowest BCUT2D eigenvalue weighted by Gasteiger charge is -2.21. The SMILES string of the molecule is CN=S(=O)(c1ccccc1)[C@H](/C=C/C(C)C)[C@@H](C)O. The molecule has 106 valence electrons. The highest BCUT2D eigenvalue weighted by atomic mass is 32.2. The Morgan fingerprint density at radius 2 is 1.74 bits per heavy atom. The van der Waals surface area contributed by atoms with Crippen LogP contribution < -0.4 is 0 Å². The third kappa shape index (κ3) is 3.91. The summed E-state index contributed by atoms with van der Waals surface area (Å²) >= 11 is 0. The van der Waals surface area contributed by atoms with Gasteiger partial charge in [0.15, 0.2) is 0 Å². The number of nitrogens with zero attached hydrogens (tertiary/aromatic N) is 1. The third-order valence-electron chi connectivity index (χ3n) is 2.88. The van der Waals surface area contributed by atoms with Gasteiger partial charge in [0.1, 0.15) is 0 Å². The second kappa shape index (κ2) is 6.87. The van der Waals surface area contributed by atoms with Crippen LogP contribution in [0.25, 0.3) is 0 Å². The monoisotopic (exact) mass is 281 g/mol. The number of hydrogen-bond acceptors (Lipinski definition) is 3. The van der Waals surface area contributed by atoms with E-state index in [1.807, 2.05) is 44.2 Å². The van der Waals surface area contributed by atoms with Crippen LogP contribution >= 0.6 is 0 Å². The van der Waals surface area contributed by atoms with Crippen molar-refractivity contribution < 1.29 is 9.32 Å². The molecule has 0 amide bonds. The molecule has 3 nitrogen and oxygen atoms in total. The summed E-state index contributed by atoms with van der Waals surface area (Å²) in [6.07, 6.45) is 3.08. The topological polar surface area (TPSA) is 49.7 Å². The molecular weight excluding hydrogens is 258 g/mol. The Morgan fingerprint density at radius 1 is 1.16 bits per heavy atom. The maximum Gasteiger partial charge on any atom is 0.0910 e. The van der Waals surface area contributed by atoms with E-state index in [2.05, 4.69) is 4.36 Å². The summed E-state index contributed by atoms with van der Waals surface area (Å²) in [5.74, 6) is 0.345. The first-order valence-corrected chi connectivity index (χ1v) is 8.05. The maximum atomic E-state index is 13.1. The van der Waals surface area contributed by atoms with Gasteiger partial charge in [-0.05, 0) is 25.0 Å². The number of rotatable bonds is 5. The number of allylic oxidation sites excluding steroid dienone is 1. The van der Waals surface area contributed by atoms with Gasteiger partial charge >= 0.3 is 0 Å². The van der Waals surface area contributed by atoms with Gasteiger partial charge in [-0.1, -0.05) is 44.2 Å². The van der Waals surface area contributed by atoms with Crippen LogP contribution in [0.5, 0.6) is 0 Å². The van der Waals surface area contributed by atoms with E-state index in [4.69, 9.17) is 0 Å². The van der Waals surface area contributed by atoms with Crippen molar-refractivity contribution in [3.8, 4) is 0 Å². The molecule has 0 bridgehead atoms. The van der Waals surface area contributed by atoms with Gasteiger partial charge in [0.2, 0.25) is 0 Å². The van der Waals surface area contributed by atoms with Crippen LogP contribution in [-0.2, 0) is 9.73 Å². The summed E-state index contributed by atoms with van der Waals surface area (Å²) in [5.41, 5.74) is 0. The molecule has 0 aliphatic heterocycles. The maximum absolute atomic E-state index is 13.1. The van der Waals surface area contributed by atoms with Gasteiger partial charge < -0.3 is 5.11 Å². The molecule has 0 saturated carbocycles. The Labute approximate surface area is 116 Å². The molecule has 1 N–H and O–H groups in total. The van der Waals surface area contributed by atoms with Gasteiger partial charge in [0.25, 0.3) is 0 Å². The fourth-order valence-corrected chi connectivity index (χ4v) is 4.02. The van der Waals surface area contributed by atoms with Gasteiger partial charge in [0, 0.05) is 11.9 Å². The number of hydrogen-bond donors (Lipinski definition) is 1. The zero-order chi connectivity index (χ0) is 14.5. The summed E-state index contributed by atoms with van der Waals surface area (Å²) < 4.78 is 17.2. The summed E-state index contributed by atoms with van der Waals surface area (Å²) in [6, 6.07) is 9.15. The minimum absolute atomic E-state index is 0.345. The van der Waals surface area contributed by atoms with E-state index < -0.39 is 21.1 Å². The molecule has 1 aromatic carbocycles. The number of aliphatic hydroxyl groups is 1. The Morgan fingerprint density at radius 3 is 2.16 bits per heavy atom. The lowest BCUT2D eigenvalue weighted by molar-refractivity contribution is 0.201. The first kappa shape index (κ1) is 15.9. The molecule has 3 atom stereocenters. The Kier molecular flexibility index (Phi) is 5.76. The standard InChI is InChI=1S/C15H23NO2S/c1-12(2)10-11-15(13(3)17)19(18,16-4)14-8-6-5-7-9-14/h5-13,15,17H,1-4H3/b11-10+/t13-,15-,19?/m1/s1. The molecule has 19 heavy (non-hydrogen) atoms. The molecule has 4 heteroatoms. The predicted molar refractivity (Wildman–Crippen MR) is 80.6 cm³/mol. The first-order valence-electron chi connectivity index (χ1n) is 6.47. The average Bonchev–Trinajstić information content (AvgIpc) is 2.38. The third-order valence-corrected chi connectivity index (χ3v) is 5.66. The molecular formula is C15H23NO2S. The van der Waals surface area contributed by atoms with Crippen LogP contribution in [0.3, 0.4) is 0 Å². The normalized spacial score (nSPS) is 18.2. The van der Waals surface area contributed by atoms with Crippen LogP contribution in [0.1, 0.15) is 20.8 Å². The minimum atomic E-state index is -2.65. The van der Waals surface area contributed by atoms with Gasteiger partial charge in [0.05, 0.1) is 21.1 Å². The van der Waals surface area contributed by atoms with E-state index in [-0.39, 0.29) is 0 Å². The van der Waals surface area contributed by atoms with Gasteiger partial charge in [-0.3, -0.25) is 0 Å². The summed E-state index contributed by atoms with van der Waals surface area (Å²) in [5, 5.41) is 9.46. The highest BCUT2D eigenvalue weighted by molar-refractivity contribution is 7.94. The molecule has 0 aromatic heterocycles. The Hall–Kier alpha value is -1.13. The Balaban J connectivity index is 3.29. The lowest BCUT2D eigenvalue weighted by atomic mass is 10.1. The van der Waals surface area contributed by atoms with E-state index in [0.29, 0.717) is 10.8 Å². The van der Waals surface area contributed by atoms with Crippen molar-refractivity contribution in [1.82, 2.24) is 0 Å². The fraction of sp³-hybridized carbons (Fsp3) is 0.467. The molecule has 0 fully saturated rings. The van der Waals surface area contributed by atoms with Crippen molar-refractivity contribution in [3.05, 3.63) is 42.5 Å². The second-order valence-electron chi connectivity index (χ2n) is 4.90. The average molecular weight is 281 g/mol. The molecule has 0 aliphatic carbocycles. The van der Waals surface area contributed by atoms with Gasteiger partial charge in [-0.2, -0.15) is 0 Å². The van der Waals surface area contributed by atoms with Crippen LogP contribution in [0.2, 0.25) is 0 Å².